The van der Waals surface area contributed by atoms with Crippen LogP contribution in [0.2, 0.25) is 0 Å². The molecular weight excluding hydrogens is 1630 g/mol. The van der Waals surface area contributed by atoms with E-state index in [0.717, 1.165) is 42.5 Å². The van der Waals surface area contributed by atoms with E-state index in [0.29, 0.717) is 14.5 Å². The number of rotatable bonds is 13. The molecule has 2 heterocycles. The van der Waals surface area contributed by atoms with Gasteiger partial charge in [0, 0.05) is 15.4 Å². The molecule has 7 aromatic carbocycles. The van der Waals surface area contributed by atoms with Crippen LogP contribution in [0, 0.1) is 57.0 Å². The van der Waals surface area contributed by atoms with Gasteiger partial charge >= 0.3 is 46.6 Å². The van der Waals surface area contributed by atoms with E-state index in [4.69, 9.17) is 37.4 Å². The normalized spacial score (nSPS) is 13.5. The van der Waals surface area contributed by atoms with Gasteiger partial charge in [-0.3, -0.25) is 41.1 Å². The van der Waals surface area contributed by atoms with Crippen LogP contribution >= 0.6 is 43.5 Å². The van der Waals surface area contributed by atoms with Crippen molar-refractivity contribution in [1.29, 1.82) is 21.0 Å². The molecule has 1 unspecified atom stereocenters. The Bertz CT molecular complexity index is 4570. The van der Waals surface area contributed by atoms with Crippen LogP contribution in [-0.4, -0.2) is 107 Å². The molecule has 0 radical (unpaired) electrons. The number of halogens is 18. The molecule has 0 aliphatic carbocycles. The molecule has 7 N–H and O–H groups in total. The number of amides is 3. The summed E-state index contributed by atoms with van der Waals surface area (Å²) in [4.78, 5) is 35.0. The van der Waals surface area contributed by atoms with Crippen molar-refractivity contribution in [2.75, 3.05) is 65.3 Å². The number of carbonyl (C=O) groups is 3. The Morgan fingerprint density at radius 2 is 1.10 bits per heavy atom. The van der Waals surface area contributed by atoms with Gasteiger partial charge in [0.15, 0.2) is 0 Å². The Labute approximate surface area is 622 Å². The summed E-state index contributed by atoms with van der Waals surface area (Å²) in [5.41, 5.74) is 8.12. The topological polar surface area (TPSA) is 316 Å². The minimum absolute atomic E-state index is 0. The van der Waals surface area contributed by atoms with Gasteiger partial charge in [0.1, 0.15) is 41.4 Å². The Morgan fingerprint density at radius 1 is 0.642 bits per heavy atom. The Morgan fingerprint density at radius 3 is 1.54 bits per heavy atom. The van der Waals surface area contributed by atoms with Crippen LogP contribution in [0.4, 0.5) is 95.6 Å². The van der Waals surface area contributed by atoms with Gasteiger partial charge in [-0.15, -0.1) is 5.10 Å². The highest BCUT2D eigenvalue weighted by molar-refractivity contribution is 9.10. The van der Waals surface area contributed by atoms with Gasteiger partial charge in [0.25, 0.3) is 0 Å². The third-order valence-electron chi connectivity index (χ3n) is 12.5. The van der Waals surface area contributed by atoms with E-state index in [1.54, 1.807) is 11.0 Å². The third-order valence-corrected chi connectivity index (χ3v) is 15.0. The molecule has 0 bridgehead atoms. The van der Waals surface area contributed by atoms with Crippen molar-refractivity contribution in [2.24, 2.45) is 15.3 Å². The van der Waals surface area contributed by atoms with Gasteiger partial charge in [-0.1, -0.05) is 92.5 Å². The molecule has 3 amide bonds. The summed E-state index contributed by atoms with van der Waals surface area (Å²) in [6.07, 6.45) is -19.1. The van der Waals surface area contributed by atoms with Gasteiger partial charge in [-0.2, -0.15) is 92.4 Å². The van der Waals surface area contributed by atoms with Crippen LogP contribution in [0.15, 0.2) is 206 Å². The van der Waals surface area contributed by atoms with Crippen LogP contribution in [0.3, 0.4) is 0 Å². The molecule has 2 aliphatic heterocycles. The predicted molar refractivity (Wildman–Crippen MR) is 365 cm³/mol. The quantitative estimate of drug-likeness (QED) is 0.0141. The highest BCUT2D eigenvalue weighted by atomic mass is 79.9. The average Bonchev–Trinajstić information content (AvgIpc) is 1.62. The summed E-state index contributed by atoms with van der Waals surface area (Å²) in [5.74, 6) is -6.60. The number of hydrazone groups is 3. The van der Waals surface area contributed by atoms with Crippen molar-refractivity contribution in [1.82, 2.24) is 5.43 Å². The van der Waals surface area contributed by atoms with Crippen molar-refractivity contribution >= 4 is 122 Å². The molecule has 1 fully saturated rings. The second kappa shape index (κ2) is 42.1. The molecule has 41 heteroatoms. The first kappa shape index (κ1) is 89.3. The van der Waals surface area contributed by atoms with Crippen molar-refractivity contribution in [2.45, 2.75) is 42.1 Å². The molecule has 9 rings (SSSR count). The second-order valence-corrected chi connectivity index (χ2v) is 24.1. The zero-order valence-corrected chi connectivity index (χ0v) is 59.1. The van der Waals surface area contributed by atoms with Crippen LogP contribution < -0.4 is 54.7 Å². The lowest BCUT2D eigenvalue weighted by molar-refractivity contribution is -0.888. The number of hydrogen-bond acceptors (Lipinski definition) is 18. The maximum Gasteiger partial charge on any atom is 0.472 e. The van der Waals surface area contributed by atoms with Crippen LogP contribution in [0.5, 0.6) is 0 Å². The molecule has 22 nitrogen and oxygen atoms in total. The number of nitriles is 4. The maximum absolute atomic E-state index is 14.0. The fourth-order valence-corrected chi connectivity index (χ4v) is 9.12. The molecule has 1 atom stereocenters. The summed E-state index contributed by atoms with van der Waals surface area (Å²) >= 11 is 11.1. The predicted octanol–water partition coefficient (Wildman–Crippen LogP) is 10.7. The Balaban J connectivity index is 0.000000343. The molecule has 1 saturated heterocycles. The lowest BCUT2D eigenvalue weighted by Crippen LogP contribution is -3.11. The number of anilines is 6. The summed E-state index contributed by atoms with van der Waals surface area (Å²) in [6, 6.07) is 43.3. The van der Waals surface area contributed by atoms with E-state index in [1.165, 1.54) is 158 Å². The first-order valence-corrected chi connectivity index (χ1v) is 32.3. The first-order valence-electron chi connectivity index (χ1n) is 28.9. The number of ether oxygens (including phenoxy) is 1. The molecular formula is C65H51Br2Cl2F14N15O7S. The zero-order valence-electron chi connectivity index (χ0n) is 53.6. The van der Waals surface area contributed by atoms with E-state index in [2.05, 4.69) is 86.5 Å². The van der Waals surface area contributed by atoms with Crippen LogP contribution in [0.1, 0.15) is 28.7 Å². The fourth-order valence-electron chi connectivity index (χ4n) is 7.49. The number of benzene rings is 7. The van der Waals surface area contributed by atoms with E-state index >= 15 is 0 Å². The van der Waals surface area contributed by atoms with Crippen molar-refractivity contribution in [3.8, 4) is 24.3 Å². The van der Waals surface area contributed by atoms with E-state index in [1.807, 2.05) is 29.7 Å². The second-order valence-electron chi connectivity index (χ2n) is 20.3. The Hall–Kier alpha value is -10.9. The molecule has 0 saturated carbocycles. The van der Waals surface area contributed by atoms with E-state index < -0.39 is 98.3 Å². The minimum Gasteiger partial charge on any atom is -1.00 e. The van der Waals surface area contributed by atoms with Crippen molar-refractivity contribution < 1.29 is 110 Å². The summed E-state index contributed by atoms with van der Waals surface area (Å²) < 4.78 is 211. The lowest BCUT2D eigenvalue weighted by atomic mass is 10.1. The largest absolute Gasteiger partial charge is 1.00 e. The molecule has 106 heavy (non-hydrogen) atoms. The Kier molecular flexibility index (Phi) is 35.5. The monoisotopic (exact) mass is 1680 g/mol. The number of hydrogen-bond donors (Lipinski definition) is 7. The number of morpholine rings is 1. The lowest BCUT2D eigenvalue weighted by Gasteiger charge is -2.23. The first-order chi connectivity index (χ1) is 49.3. The van der Waals surface area contributed by atoms with E-state index in [9.17, 15) is 84.3 Å². The van der Waals surface area contributed by atoms with Gasteiger partial charge in [0.05, 0.1) is 101 Å². The standard InChI is InChI=1S/C18H11BrF4N4O.C15H10F3N3O3S.C9H7BrFNO.C9H5ClF3N3.C9H6F3N3O.C5H11NO.ClH/c19-11-4-5-14(13(20)7-11)25-17(28)15-8-16(18(21,22)23)26-27(15)12-3-1-2-10(6-12)9-24;16-15(17,18)14(21-20-12-6-4-5-11(9-12)10-19)24-25(22,23)13-7-2-1-3-8-13;1-2-9(13)12-8-4-3-6(10)5-7(8)11;10-8(9(11,12)13)16-15-7-3-1-2-6(4-7)5-14;10-9(11,12)8(16)15-14-7-3-1-2-6(4-7)5-13;1-6-2-4-7-5-3-6;/h1-7,15H,8H2,(H,25,28);1-9,20H;2-5H,1H2,(H,12,13);1-4,15H;1-4,14H,(H,15,16);2-5H2,1H3;1H/b;21-14-;;16-8-;;;. The van der Waals surface area contributed by atoms with Gasteiger partial charge in [-0.25, -0.2) is 8.78 Å². The number of alkyl halides is 12. The van der Waals surface area contributed by atoms with Gasteiger partial charge < -0.3 is 36.9 Å². The number of likely N-dealkylation sites (N-methyl/N-ethyl adjacent to an activating group) is 1. The van der Waals surface area contributed by atoms with Crippen molar-refractivity contribution in [3.63, 3.8) is 0 Å². The SMILES string of the molecule is C=CC(=O)Nc1ccc(Br)cc1F.C[NH+]1CCOCC1.N#Cc1cccc(N/N=C(\Cl)C(F)(F)F)c1.N#Cc1cccc(N/N=C(\OS(=O)(=O)c2ccccc2)C(F)(F)F)c1.N#Cc1cccc(N2N=C(C(F)(F)F)CC2C(=O)Nc2ccc(Br)cc2F)c1.N#Cc1cccc(NNC(=O)C(F)(F)F)c1.[Cl-]. The molecule has 0 aromatic heterocycles. The third kappa shape index (κ3) is 31.2. The molecule has 7 aromatic rings. The molecule has 560 valence electrons. The zero-order chi connectivity index (χ0) is 78.3. The van der Waals surface area contributed by atoms with Crippen LogP contribution in [0.25, 0.3) is 0 Å². The van der Waals surface area contributed by atoms with Gasteiger partial charge in [-0.05, 0) is 127 Å². The summed E-state index contributed by atoms with van der Waals surface area (Å²) in [7, 11) is -2.51. The highest BCUT2D eigenvalue weighted by Gasteiger charge is 2.46. The van der Waals surface area contributed by atoms with E-state index in [-0.39, 0.29) is 63.2 Å². The minimum atomic E-state index is -5.15. The van der Waals surface area contributed by atoms with Gasteiger partial charge in [0.2, 0.25) is 17.0 Å². The smallest absolute Gasteiger partial charge is 0.472 e. The highest BCUT2D eigenvalue weighted by Crippen LogP contribution is 2.33. The van der Waals surface area contributed by atoms with Crippen molar-refractivity contribution in [3.05, 3.63) is 219 Å². The number of carbonyl (C=O) groups excluding carboxylic acids is 3. The maximum atomic E-state index is 14.0. The molecule has 2 aliphatic rings. The van der Waals surface area contributed by atoms with Crippen LogP contribution in [-0.2, 0) is 33.4 Å². The number of nitrogens with zero attached hydrogens (tertiary/aromatic N) is 8. The summed E-state index contributed by atoms with van der Waals surface area (Å²) in [6.45, 7) is 7.52. The molecule has 0 spiro atoms. The number of nitrogens with one attached hydrogen (secondary N) is 7. The number of quaternary nitrogens is 1. The fraction of sp³-hybridized carbons (Fsp3) is 0.169. The average molecular weight is 1680 g/mol. The summed E-state index contributed by atoms with van der Waals surface area (Å²) in [5, 5.41) is 48.3. The number of hydrazine groups is 1.